The van der Waals surface area contributed by atoms with E-state index in [2.05, 4.69) is 53.5 Å². The third-order valence-electron chi connectivity index (χ3n) is 3.31. The molecule has 1 heterocycles. The summed E-state index contributed by atoms with van der Waals surface area (Å²) in [6, 6.07) is 12.8. The van der Waals surface area contributed by atoms with Crippen LogP contribution in [-0.2, 0) is 0 Å². The first-order valence-electron chi connectivity index (χ1n) is 7.10. The standard InChI is InChI=1S/C16H22N4/c1-4-12(2)18-16-17-11-10-15(20-16)19-13(3)14-8-6-5-7-9-14/h5-13H,4H2,1-3H3,(H2,17,18,19,20). The maximum Gasteiger partial charge on any atom is 0.224 e. The summed E-state index contributed by atoms with van der Waals surface area (Å²) in [7, 11) is 0. The Morgan fingerprint density at radius 1 is 1.05 bits per heavy atom. The number of nitrogens with zero attached hydrogens (tertiary/aromatic N) is 2. The van der Waals surface area contributed by atoms with Crippen molar-refractivity contribution in [2.24, 2.45) is 0 Å². The minimum Gasteiger partial charge on any atom is -0.363 e. The zero-order valence-electron chi connectivity index (χ0n) is 12.3. The third kappa shape index (κ3) is 3.95. The molecule has 2 unspecified atom stereocenters. The van der Waals surface area contributed by atoms with Gasteiger partial charge in [-0.15, -0.1) is 0 Å². The lowest BCUT2D eigenvalue weighted by Gasteiger charge is -2.16. The largest absolute Gasteiger partial charge is 0.363 e. The fraction of sp³-hybridized carbons (Fsp3) is 0.375. The molecule has 0 bridgehead atoms. The molecule has 0 aliphatic rings. The minimum atomic E-state index is 0.211. The summed E-state index contributed by atoms with van der Waals surface area (Å²) in [5, 5.41) is 6.68. The molecule has 0 saturated carbocycles. The molecule has 2 atom stereocenters. The SMILES string of the molecule is CCC(C)Nc1nccc(NC(C)c2ccccc2)n1. The van der Waals surface area contributed by atoms with Gasteiger partial charge >= 0.3 is 0 Å². The van der Waals surface area contributed by atoms with Crippen LogP contribution in [0.1, 0.15) is 38.8 Å². The van der Waals surface area contributed by atoms with E-state index in [4.69, 9.17) is 0 Å². The smallest absolute Gasteiger partial charge is 0.224 e. The van der Waals surface area contributed by atoms with Gasteiger partial charge in [0.2, 0.25) is 5.95 Å². The van der Waals surface area contributed by atoms with Gasteiger partial charge in [-0.05, 0) is 31.9 Å². The van der Waals surface area contributed by atoms with Crippen molar-refractivity contribution in [1.29, 1.82) is 0 Å². The van der Waals surface area contributed by atoms with Crippen LogP contribution in [0, 0.1) is 0 Å². The summed E-state index contributed by atoms with van der Waals surface area (Å²) in [4.78, 5) is 8.74. The van der Waals surface area contributed by atoms with Crippen molar-refractivity contribution in [1.82, 2.24) is 9.97 Å². The third-order valence-corrected chi connectivity index (χ3v) is 3.31. The van der Waals surface area contributed by atoms with Gasteiger partial charge in [0.1, 0.15) is 5.82 Å². The van der Waals surface area contributed by atoms with E-state index in [1.165, 1.54) is 5.56 Å². The Balaban J connectivity index is 2.04. The van der Waals surface area contributed by atoms with E-state index in [-0.39, 0.29) is 6.04 Å². The fourth-order valence-electron chi connectivity index (χ4n) is 1.88. The Hall–Kier alpha value is -2.10. The molecular weight excluding hydrogens is 248 g/mol. The number of hydrogen-bond acceptors (Lipinski definition) is 4. The molecule has 0 radical (unpaired) electrons. The molecule has 4 nitrogen and oxygen atoms in total. The van der Waals surface area contributed by atoms with Gasteiger partial charge in [0.15, 0.2) is 0 Å². The summed E-state index contributed by atoms with van der Waals surface area (Å²) in [6.45, 7) is 6.38. The first kappa shape index (κ1) is 14.3. The highest BCUT2D eigenvalue weighted by Gasteiger charge is 2.07. The lowest BCUT2D eigenvalue weighted by atomic mass is 10.1. The average Bonchev–Trinajstić information content (AvgIpc) is 2.48. The van der Waals surface area contributed by atoms with Crippen LogP contribution in [0.25, 0.3) is 0 Å². The van der Waals surface area contributed by atoms with Gasteiger partial charge in [0.25, 0.3) is 0 Å². The van der Waals surface area contributed by atoms with Gasteiger partial charge in [-0.1, -0.05) is 37.3 Å². The van der Waals surface area contributed by atoms with Crippen LogP contribution < -0.4 is 10.6 Å². The fourth-order valence-corrected chi connectivity index (χ4v) is 1.88. The van der Waals surface area contributed by atoms with Crippen molar-refractivity contribution in [3.05, 3.63) is 48.2 Å². The van der Waals surface area contributed by atoms with Crippen LogP contribution in [0.15, 0.2) is 42.6 Å². The zero-order chi connectivity index (χ0) is 14.4. The normalized spacial score (nSPS) is 13.6. The molecule has 20 heavy (non-hydrogen) atoms. The predicted molar refractivity (Wildman–Crippen MR) is 83.9 cm³/mol. The summed E-state index contributed by atoms with van der Waals surface area (Å²) >= 11 is 0. The average molecular weight is 270 g/mol. The Bertz CT molecular complexity index is 527. The second-order valence-electron chi connectivity index (χ2n) is 5.00. The van der Waals surface area contributed by atoms with E-state index in [0.29, 0.717) is 12.0 Å². The van der Waals surface area contributed by atoms with Crippen molar-refractivity contribution in [3.8, 4) is 0 Å². The first-order valence-corrected chi connectivity index (χ1v) is 7.10. The zero-order valence-corrected chi connectivity index (χ0v) is 12.3. The number of anilines is 2. The van der Waals surface area contributed by atoms with E-state index < -0.39 is 0 Å². The molecule has 0 saturated heterocycles. The van der Waals surface area contributed by atoms with Crippen LogP contribution in [0.4, 0.5) is 11.8 Å². The molecule has 0 fully saturated rings. The molecule has 2 aromatic rings. The van der Waals surface area contributed by atoms with E-state index in [0.717, 1.165) is 12.2 Å². The monoisotopic (exact) mass is 270 g/mol. The van der Waals surface area contributed by atoms with E-state index in [1.807, 2.05) is 24.3 Å². The van der Waals surface area contributed by atoms with Crippen LogP contribution in [-0.4, -0.2) is 16.0 Å². The van der Waals surface area contributed by atoms with Gasteiger partial charge < -0.3 is 10.6 Å². The highest BCUT2D eigenvalue weighted by molar-refractivity contribution is 5.42. The molecule has 1 aromatic heterocycles. The van der Waals surface area contributed by atoms with Gasteiger partial charge in [-0.2, -0.15) is 4.98 Å². The highest BCUT2D eigenvalue weighted by atomic mass is 15.1. The van der Waals surface area contributed by atoms with Gasteiger partial charge in [-0.3, -0.25) is 0 Å². The van der Waals surface area contributed by atoms with Crippen LogP contribution in [0.2, 0.25) is 0 Å². The topological polar surface area (TPSA) is 49.8 Å². The number of rotatable bonds is 6. The van der Waals surface area contributed by atoms with Gasteiger partial charge in [0, 0.05) is 18.3 Å². The van der Waals surface area contributed by atoms with Crippen molar-refractivity contribution >= 4 is 11.8 Å². The Morgan fingerprint density at radius 3 is 2.50 bits per heavy atom. The summed E-state index contributed by atoms with van der Waals surface area (Å²) in [6.07, 6.45) is 2.82. The maximum atomic E-state index is 4.49. The van der Waals surface area contributed by atoms with Crippen molar-refractivity contribution < 1.29 is 0 Å². The van der Waals surface area contributed by atoms with E-state index in [9.17, 15) is 0 Å². The Morgan fingerprint density at radius 2 is 1.80 bits per heavy atom. The predicted octanol–water partition coefficient (Wildman–Crippen LogP) is 3.86. The van der Waals surface area contributed by atoms with Crippen LogP contribution in [0.5, 0.6) is 0 Å². The number of aromatic nitrogens is 2. The first-order chi connectivity index (χ1) is 9.69. The summed E-state index contributed by atoms with van der Waals surface area (Å²) in [5.74, 6) is 1.51. The molecule has 2 N–H and O–H groups in total. The molecule has 106 valence electrons. The van der Waals surface area contributed by atoms with Crippen molar-refractivity contribution in [3.63, 3.8) is 0 Å². The van der Waals surface area contributed by atoms with Crippen LogP contribution in [0.3, 0.4) is 0 Å². The van der Waals surface area contributed by atoms with E-state index >= 15 is 0 Å². The molecule has 1 aromatic carbocycles. The molecule has 4 heteroatoms. The van der Waals surface area contributed by atoms with Crippen molar-refractivity contribution in [2.45, 2.75) is 39.3 Å². The van der Waals surface area contributed by atoms with Gasteiger partial charge in [0.05, 0.1) is 0 Å². The maximum absolute atomic E-state index is 4.49. The van der Waals surface area contributed by atoms with E-state index in [1.54, 1.807) is 6.20 Å². The molecule has 0 amide bonds. The summed E-state index contributed by atoms with van der Waals surface area (Å²) < 4.78 is 0. The molecule has 0 aliphatic heterocycles. The lowest BCUT2D eigenvalue weighted by Crippen LogP contribution is -2.16. The highest BCUT2D eigenvalue weighted by Crippen LogP contribution is 2.18. The quantitative estimate of drug-likeness (QED) is 0.837. The van der Waals surface area contributed by atoms with Gasteiger partial charge in [-0.25, -0.2) is 4.98 Å². The Kier molecular flexibility index (Phi) is 4.93. The lowest BCUT2D eigenvalue weighted by molar-refractivity contribution is 0.752. The molecule has 0 spiro atoms. The molecule has 0 aliphatic carbocycles. The van der Waals surface area contributed by atoms with Crippen molar-refractivity contribution in [2.75, 3.05) is 10.6 Å². The summed E-state index contributed by atoms with van der Waals surface area (Å²) in [5.41, 5.74) is 1.24. The second kappa shape index (κ2) is 6.89. The minimum absolute atomic E-state index is 0.211. The molecular formula is C16H22N4. The second-order valence-corrected chi connectivity index (χ2v) is 5.00. The van der Waals surface area contributed by atoms with Crippen LogP contribution >= 0.6 is 0 Å². The number of hydrogen-bond donors (Lipinski definition) is 2. The molecule has 2 rings (SSSR count). The number of nitrogens with one attached hydrogen (secondary N) is 2. The Labute approximate surface area is 120 Å². The number of benzene rings is 1.